The first-order valence-electron chi connectivity index (χ1n) is 6.73. The van der Waals surface area contributed by atoms with E-state index in [1.165, 1.54) is 12.1 Å². The van der Waals surface area contributed by atoms with Crippen molar-refractivity contribution in [2.75, 3.05) is 24.3 Å². The van der Waals surface area contributed by atoms with Gasteiger partial charge in [0, 0.05) is 11.4 Å². The number of methoxy groups -OCH3 is 1. The minimum absolute atomic E-state index is 0.0669. The number of carbonyl (C=O) groups excluding carboxylic acids is 1. The number of carbonyl (C=O) groups is 1. The van der Waals surface area contributed by atoms with Crippen LogP contribution in [0.15, 0.2) is 48.5 Å². The third-order valence-corrected chi connectivity index (χ3v) is 3.02. The maximum absolute atomic E-state index is 12.6. The van der Waals surface area contributed by atoms with Crippen molar-refractivity contribution in [2.45, 2.75) is 6.18 Å². The van der Waals surface area contributed by atoms with E-state index in [0.717, 1.165) is 12.1 Å². The van der Waals surface area contributed by atoms with Crippen molar-refractivity contribution in [2.24, 2.45) is 0 Å². The maximum Gasteiger partial charge on any atom is 0.416 e. The fraction of sp³-hybridized carbons (Fsp3) is 0.188. The smallest absolute Gasteiger partial charge is 0.416 e. The molecule has 0 saturated heterocycles. The zero-order chi connectivity index (χ0) is 16.9. The van der Waals surface area contributed by atoms with Crippen LogP contribution in [0.2, 0.25) is 0 Å². The molecule has 0 radical (unpaired) electrons. The summed E-state index contributed by atoms with van der Waals surface area (Å²) in [6.45, 7) is -0.0669. The lowest BCUT2D eigenvalue weighted by molar-refractivity contribution is -0.137. The van der Waals surface area contributed by atoms with Crippen LogP contribution < -0.4 is 15.4 Å². The number of ether oxygens (including phenoxy) is 1. The summed E-state index contributed by atoms with van der Waals surface area (Å²) in [5.41, 5.74) is -0.00948. The average molecular weight is 324 g/mol. The van der Waals surface area contributed by atoms with Crippen LogP contribution in [0, 0.1) is 0 Å². The zero-order valence-corrected chi connectivity index (χ0v) is 12.3. The van der Waals surface area contributed by atoms with Crippen molar-refractivity contribution in [3.05, 3.63) is 54.1 Å². The minimum atomic E-state index is -4.44. The normalized spacial score (nSPS) is 11.0. The van der Waals surface area contributed by atoms with Crippen LogP contribution in [0.3, 0.4) is 0 Å². The molecule has 2 N–H and O–H groups in total. The predicted molar refractivity (Wildman–Crippen MR) is 81.6 cm³/mol. The molecule has 0 fully saturated rings. The van der Waals surface area contributed by atoms with Gasteiger partial charge in [-0.05, 0) is 42.5 Å². The Hall–Kier alpha value is -2.70. The monoisotopic (exact) mass is 324 g/mol. The molecule has 23 heavy (non-hydrogen) atoms. The number of benzene rings is 2. The number of hydrogen-bond donors (Lipinski definition) is 2. The Kier molecular flexibility index (Phi) is 5.10. The van der Waals surface area contributed by atoms with Crippen molar-refractivity contribution in [3.63, 3.8) is 0 Å². The van der Waals surface area contributed by atoms with E-state index < -0.39 is 17.6 Å². The lowest BCUT2D eigenvalue weighted by Crippen LogP contribution is -2.22. The number of halogens is 3. The van der Waals surface area contributed by atoms with E-state index in [1.54, 1.807) is 31.4 Å². The molecule has 0 saturated carbocycles. The number of hydrogen-bond acceptors (Lipinski definition) is 3. The summed E-state index contributed by atoms with van der Waals surface area (Å²) in [6.07, 6.45) is -4.44. The van der Waals surface area contributed by atoms with Crippen LogP contribution in [-0.2, 0) is 11.0 Å². The van der Waals surface area contributed by atoms with Crippen molar-refractivity contribution >= 4 is 17.3 Å². The van der Waals surface area contributed by atoms with Crippen LogP contribution in [0.1, 0.15) is 5.56 Å². The van der Waals surface area contributed by atoms with Crippen LogP contribution in [0.5, 0.6) is 5.75 Å². The Labute approximate surface area is 131 Å². The number of amides is 1. The fourth-order valence-corrected chi connectivity index (χ4v) is 1.87. The molecule has 1 amide bonds. The molecule has 122 valence electrons. The molecule has 0 atom stereocenters. The number of nitrogens with one attached hydrogen (secondary N) is 2. The first-order chi connectivity index (χ1) is 10.9. The lowest BCUT2D eigenvalue weighted by Gasteiger charge is -2.11. The Morgan fingerprint density at radius 1 is 1.09 bits per heavy atom. The predicted octanol–water partition coefficient (Wildman–Crippen LogP) is 3.76. The van der Waals surface area contributed by atoms with Gasteiger partial charge < -0.3 is 15.4 Å². The van der Waals surface area contributed by atoms with Crippen LogP contribution in [0.25, 0.3) is 0 Å². The fourth-order valence-electron chi connectivity index (χ4n) is 1.87. The molecule has 2 aromatic rings. The summed E-state index contributed by atoms with van der Waals surface area (Å²) in [7, 11) is 1.55. The number of alkyl halides is 3. The molecule has 0 aliphatic heterocycles. The quantitative estimate of drug-likeness (QED) is 0.880. The highest BCUT2D eigenvalue weighted by molar-refractivity contribution is 5.93. The molecule has 0 bridgehead atoms. The summed E-state index contributed by atoms with van der Waals surface area (Å²) >= 11 is 0. The second-order valence-corrected chi connectivity index (χ2v) is 4.71. The standard InChI is InChI=1S/C16H15F3N2O2/c1-23-14-7-5-12(6-8-14)20-10-15(22)21-13-4-2-3-11(9-13)16(17,18)19/h2-9,20H,10H2,1H3,(H,21,22). The van der Waals surface area contributed by atoms with Gasteiger partial charge in [0.15, 0.2) is 0 Å². The molecule has 0 aromatic heterocycles. The molecule has 0 unspecified atom stereocenters. The van der Waals surface area contributed by atoms with Crippen LogP contribution >= 0.6 is 0 Å². The number of anilines is 2. The third kappa shape index (κ3) is 4.91. The Morgan fingerprint density at radius 3 is 2.39 bits per heavy atom. The molecule has 2 rings (SSSR count). The third-order valence-electron chi connectivity index (χ3n) is 3.02. The van der Waals surface area contributed by atoms with Gasteiger partial charge in [0.2, 0.25) is 5.91 Å². The Bertz CT molecular complexity index is 670. The molecule has 2 aromatic carbocycles. The molecule has 4 nitrogen and oxygen atoms in total. The minimum Gasteiger partial charge on any atom is -0.497 e. The molecule has 0 aliphatic rings. The van der Waals surface area contributed by atoms with Gasteiger partial charge in [0.1, 0.15) is 5.75 Å². The largest absolute Gasteiger partial charge is 0.497 e. The molecule has 7 heteroatoms. The second-order valence-electron chi connectivity index (χ2n) is 4.71. The van der Waals surface area contributed by atoms with E-state index in [9.17, 15) is 18.0 Å². The molecule has 0 heterocycles. The van der Waals surface area contributed by atoms with Crippen molar-refractivity contribution in [3.8, 4) is 5.75 Å². The topological polar surface area (TPSA) is 50.4 Å². The van der Waals surface area contributed by atoms with E-state index >= 15 is 0 Å². The van der Waals surface area contributed by atoms with Gasteiger partial charge >= 0.3 is 6.18 Å². The summed E-state index contributed by atoms with van der Waals surface area (Å²) in [5.74, 6) is 0.240. The van der Waals surface area contributed by atoms with Crippen molar-refractivity contribution in [1.29, 1.82) is 0 Å². The maximum atomic E-state index is 12.6. The average Bonchev–Trinajstić information content (AvgIpc) is 2.53. The first-order valence-corrected chi connectivity index (χ1v) is 6.73. The van der Waals surface area contributed by atoms with Gasteiger partial charge in [-0.1, -0.05) is 6.07 Å². The SMILES string of the molecule is COc1ccc(NCC(=O)Nc2cccc(C(F)(F)F)c2)cc1. The summed E-state index contributed by atoms with van der Waals surface area (Å²) < 4.78 is 42.8. The highest BCUT2D eigenvalue weighted by Gasteiger charge is 2.30. The second kappa shape index (κ2) is 7.04. The Morgan fingerprint density at radius 2 is 1.78 bits per heavy atom. The zero-order valence-electron chi connectivity index (χ0n) is 12.3. The molecular weight excluding hydrogens is 309 g/mol. The van der Waals surface area contributed by atoms with E-state index in [1.807, 2.05) is 0 Å². The van der Waals surface area contributed by atoms with Crippen molar-refractivity contribution < 1.29 is 22.7 Å². The lowest BCUT2D eigenvalue weighted by atomic mass is 10.2. The van der Waals surface area contributed by atoms with E-state index in [4.69, 9.17) is 4.74 Å². The van der Waals surface area contributed by atoms with Gasteiger partial charge in [-0.25, -0.2) is 0 Å². The highest BCUT2D eigenvalue weighted by atomic mass is 19.4. The highest BCUT2D eigenvalue weighted by Crippen LogP contribution is 2.30. The van der Waals surface area contributed by atoms with Gasteiger partial charge in [-0.2, -0.15) is 13.2 Å². The van der Waals surface area contributed by atoms with Gasteiger partial charge in [0.05, 0.1) is 19.2 Å². The Balaban J connectivity index is 1.91. The summed E-state index contributed by atoms with van der Waals surface area (Å²) in [6, 6.07) is 11.4. The van der Waals surface area contributed by atoms with E-state index in [2.05, 4.69) is 10.6 Å². The van der Waals surface area contributed by atoms with Crippen LogP contribution in [-0.4, -0.2) is 19.6 Å². The van der Waals surface area contributed by atoms with Crippen LogP contribution in [0.4, 0.5) is 24.5 Å². The van der Waals surface area contributed by atoms with Gasteiger partial charge in [-0.15, -0.1) is 0 Å². The molecule has 0 aliphatic carbocycles. The number of rotatable bonds is 5. The van der Waals surface area contributed by atoms with E-state index in [-0.39, 0.29) is 12.2 Å². The summed E-state index contributed by atoms with van der Waals surface area (Å²) in [4.78, 5) is 11.8. The molecular formula is C16H15F3N2O2. The van der Waals surface area contributed by atoms with Gasteiger partial charge in [-0.3, -0.25) is 4.79 Å². The summed E-state index contributed by atoms with van der Waals surface area (Å²) in [5, 5.41) is 5.29. The van der Waals surface area contributed by atoms with Gasteiger partial charge in [0.25, 0.3) is 0 Å². The van der Waals surface area contributed by atoms with Crippen molar-refractivity contribution in [1.82, 2.24) is 0 Å². The van der Waals surface area contributed by atoms with E-state index in [0.29, 0.717) is 11.4 Å². The first kappa shape index (κ1) is 16.7. The molecule has 0 spiro atoms.